The van der Waals surface area contributed by atoms with Crippen LogP contribution in [-0.2, 0) is 47.7 Å². The van der Waals surface area contributed by atoms with Gasteiger partial charge in [-0.1, -0.05) is 26.7 Å². The maximum Gasteiger partial charge on any atom is 0.471 e. The lowest BCUT2D eigenvalue weighted by atomic mass is 9.92. The van der Waals surface area contributed by atoms with Crippen LogP contribution >= 0.6 is 0 Å². The van der Waals surface area contributed by atoms with Gasteiger partial charge in [-0.2, -0.15) is 23.7 Å². The highest BCUT2D eigenvalue weighted by Crippen LogP contribution is 2.32. The number of nitriles is 2. The van der Waals surface area contributed by atoms with Crippen LogP contribution in [0.3, 0.4) is 0 Å². The van der Waals surface area contributed by atoms with Crippen molar-refractivity contribution in [3.05, 3.63) is 37.2 Å². The number of unbranched alkanes of at least 4 members (excludes halogenated alkanes) is 4. The van der Waals surface area contributed by atoms with E-state index >= 15 is 0 Å². The van der Waals surface area contributed by atoms with Gasteiger partial charge in [0.1, 0.15) is 69.2 Å². The van der Waals surface area contributed by atoms with E-state index in [0.717, 1.165) is 19.3 Å². The molecule has 0 radical (unpaired) electrons. The van der Waals surface area contributed by atoms with Crippen molar-refractivity contribution >= 4 is 81.6 Å². The summed E-state index contributed by atoms with van der Waals surface area (Å²) in [7, 11) is 3.75. The molecule has 0 aromatic carbocycles. The molecule has 6 rings (SSSR count). The number of carbonyl (C=O) groups excluding carboxylic acids is 8. The zero-order chi connectivity index (χ0) is 63.8. The van der Waals surface area contributed by atoms with Gasteiger partial charge in [-0.3, -0.25) is 24.0 Å². The minimum Gasteiger partial charge on any atom is -0.462 e. The smallest absolute Gasteiger partial charge is 0.462 e. The highest BCUT2D eigenvalue weighted by molar-refractivity contribution is 5.94. The molecule has 474 valence electrons. The molecule has 4 atom stereocenters. The summed E-state index contributed by atoms with van der Waals surface area (Å²) in [6.45, 7) is 11.4. The first-order valence-electron chi connectivity index (χ1n) is 28.7. The van der Waals surface area contributed by atoms with Crippen molar-refractivity contribution in [3.8, 4) is 12.1 Å². The maximum absolute atomic E-state index is 12.8. The zero-order valence-electron chi connectivity index (χ0n) is 50.1. The number of aromatic nitrogens is 6. The molecular weight excluding hydrogens is 1150 g/mol. The molecule has 4 aromatic rings. The van der Waals surface area contributed by atoms with Crippen LogP contribution in [0.25, 0.3) is 22.1 Å². The second kappa shape index (κ2) is 33.2. The largest absolute Gasteiger partial charge is 0.471 e. The molecular formula is C57H77F3N14O13. The van der Waals surface area contributed by atoms with E-state index in [4.69, 9.17) is 34.2 Å². The first-order valence-corrected chi connectivity index (χ1v) is 28.7. The number of hydrogen-bond acceptors (Lipinski definition) is 21. The van der Waals surface area contributed by atoms with Crippen molar-refractivity contribution in [2.45, 2.75) is 136 Å². The number of nitrogens with zero attached hydrogens (tertiary/aromatic N) is 12. The van der Waals surface area contributed by atoms with Gasteiger partial charge >= 0.3 is 42.3 Å². The number of fused-ring (bicyclic) bond motifs is 2. The van der Waals surface area contributed by atoms with Crippen molar-refractivity contribution in [1.29, 1.82) is 10.5 Å². The Morgan fingerprint density at radius 2 is 1.03 bits per heavy atom. The normalized spacial score (nSPS) is 16.7. The van der Waals surface area contributed by atoms with Gasteiger partial charge in [-0.05, 0) is 83.3 Å². The number of rotatable bonds is 24. The fraction of sp³-hybridized carbons (Fsp3) is 0.614. The van der Waals surface area contributed by atoms with Gasteiger partial charge < -0.3 is 53.9 Å². The third-order valence-electron chi connectivity index (χ3n) is 14.5. The molecule has 2 fully saturated rings. The highest BCUT2D eigenvalue weighted by Gasteiger charge is 2.38. The summed E-state index contributed by atoms with van der Waals surface area (Å²) < 4.78 is 64.7. The van der Waals surface area contributed by atoms with Crippen LogP contribution in [0.15, 0.2) is 37.2 Å². The van der Waals surface area contributed by atoms with E-state index < -0.39 is 47.9 Å². The molecule has 0 unspecified atom stereocenters. The number of alkyl carbamates (subject to hydrolysis) is 1. The van der Waals surface area contributed by atoms with E-state index in [1.165, 1.54) is 28.0 Å². The Morgan fingerprint density at radius 3 is 1.44 bits per heavy atom. The Morgan fingerprint density at radius 1 is 0.621 bits per heavy atom. The Bertz CT molecular complexity index is 3100. The zero-order valence-corrected chi connectivity index (χ0v) is 50.1. The van der Waals surface area contributed by atoms with Crippen molar-refractivity contribution in [1.82, 2.24) is 49.5 Å². The summed E-state index contributed by atoms with van der Waals surface area (Å²) in [6.07, 6.45) is 3.55. The lowest BCUT2D eigenvalue weighted by Crippen LogP contribution is -2.52. The molecule has 6 heterocycles. The van der Waals surface area contributed by atoms with Gasteiger partial charge in [0, 0.05) is 78.6 Å². The average Bonchev–Trinajstić information content (AvgIpc) is 1.85. The quantitative estimate of drug-likeness (QED) is 0.0434. The minimum atomic E-state index is -4.92. The highest BCUT2D eigenvalue weighted by atomic mass is 19.4. The van der Waals surface area contributed by atoms with E-state index in [1.54, 1.807) is 54.2 Å². The van der Waals surface area contributed by atoms with Crippen LogP contribution in [-0.4, -0.2) is 190 Å². The molecule has 30 heteroatoms. The number of piperidine rings is 2. The van der Waals surface area contributed by atoms with E-state index in [1.807, 2.05) is 36.0 Å². The number of carbonyl (C=O) groups is 8. The molecule has 27 nitrogen and oxygen atoms in total. The number of nitrogens with one attached hydrogen (secondary N) is 2. The Labute approximate surface area is 501 Å². The Balaban J connectivity index is 0.000000317. The third kappa shape index (κ3) is 21.0. The standard InChI is InChI=1S/C30H43N7O7.C27H34F3N7O6/c1-21-11-15-36(24(38)10-13-31)19-23(21)35(5)26-22-12-16-37(27(22)34-20-33-26)29(41)43-18-17-42-25(39)9-7-6-8-14-32-28(40)44-30(2,3)4;1-18-8-12-36(21(38)7-10-31)16-20(18)35(2)23-19-9-13-37(24(19)34-17-33-23)26(41)43-15-14-42-22(39)6-4-3-5-11-32-25(40)27(28,29)30/h12,16,20-21,23H,6-11,14-15,17-19H2,1-5H3,(H,32,40);9,13,17-18,20H,3-8,11-12,14-16H2,1-2H3,(H,32,40)/t21-,23+;18-,20+/m11/s1. The van der Waals surface area contributed by atoms with Crippen LogP contribution in [0, 0.1) is 34.5 Å². The molecule has 4 aromatic heterocycles. The van der Waals surface area contributed by atoms with Crippen molar-refractivity contribution in [3.63, 3.8) is 0 Å². The number of halogens is 3. The fourth-order valence-electron chi connectivity index (χ4n) is 9.77. The van der Waals surface area contributed by atoms with Crippen LogP contribution in [0.1, 0.15) is 112 Å². The van der Waals surface area contributed by atoms with Crippen LogP contribution in [0.2, 0.25) is 0 Å². The van der Waals surface area contributed by atoms with E-state index in [2.05, 4.69) is 39.1 Å². The number of anilines is 2. The first-order chi connectivity index (χ1) is 41.3. The molecule has 0 bridgehead atoms. The molecule has 0 aliphatic carbocycles. The number of alkyl halides is 3. The second-order valence-electron chi connectivity index (χ2n) is 22.0. The number of likely N-dealkylation sites (N-methyl/N-ethyl adjacent to an activating group) is 2. The molecule has 87 heavy (non-hydrogen) atoms. The van der Waals surface area contributed by atoms with Crippen molar-refractivity contribution < 1.29 is 75.2 Å². The summed E-state index contributed by atoms with van der Waals surface area (Å²) in [4.78, 5) is 121. The molecule has 4 amide bonds. The summed E-state index contributed by atoms with van der Waals surface area (Å²) in [5.74, 6) is -1.64. The van der Waals surface area contributed by atoms with Crippen LogP contribution < -0.4 is 20.4 Å². The first kappa shape index (κ1) is 68.9. The summed E-state index contributed by atoms with van der Waals surface area (Å²) in [5, 5.41) is 23.5. The average molecular weight is 1220 g/mol. The topological polar surface area (TPSA) is 329 Å². The van der Waals surface area contributed by atoms with Gasteiger partial charge in [0.2, 0.25) is 11.8 Å². The monoisotopic (exact) mass is 1220 g/mol. The van der Waals surface area contributed by atoms with E-state index in [-0.39, 0.29) is 101 Å². The lowest BCUT2D eigenvalue weighted by Gasteiger charge is -2.42. The number of hydrogen-bond donors (Lipinski definition) is 2. The fourth-order valence-corrected chi connectivity index (χ4v) is 9.77. The molecule has 2 aliphatic rings. The molecule has 0 spiro atoms. The van der Waals surface area contributed by atoms with Gasteiger partial charge in [0.15, 0.2) is 11.3 Å². The summed E-state index contributed by atoms with van der Waals surface area (Å²) >= 11 is 0. The number of likely N-dealkylation sites (tertiary alicyclic amines) is 2. The van der Waals surface area contributed by atoms with Gasteiger partial charge in [-0.25, -0.2) is 43.5 Å². The summed E-state index contributed by atoms with van der Waals surface area (Å²) in [5.41, 5.74) is 0.130. The van der Waals surface area contributed by atoms with Crippen LogP contribution in [0.4, 0.5) is 39.2 Å². The SMILES string of the molecule is C[C@@H]1CCN(C(=O)CC#N)C[C@@H]1N(C)c1ncnc2c1ccn2C(=O)OCCOC(=O)CCCCCNC(=O)C(F)(F)F.C[C@@H]1CCN(C(=O)CC#N)C[C@@H]1N(C)c1ncnc2c1ccn2C(=O)OCCOC(=O)CCCCCNC(=O)OC(C)(C)C. The van der Waals surface area contributed by atoms with Crippen LogP contribution in [0.5, 0.6) is 0 Å². The van der Waals surface area contributed by atoms with E-state index in [9.17, 15) is 51.5 Å². The van der Waals surface area contributed by atoms with Gasteiger partial charge in [0.05, 0.1) is 35.0 Å². The summed E-state index contributed by atoms with van der Waals surface area (Å²) in [6, 6.07) is 7.13. The number of amides is 4. The Hall–Kier alpha value is -8.83. The lowest BCUT2D eigenvalue weighted by molar-refractivity contribution is -0.173. The Kier molecular flexibility index (Phi) is 26.3. The predicted octanol–water partition coefficient (Wildman–Crippen LogP) is 6.42. The van der Waals surface area contributed by atoms with Gasteiger partial charge in [0.25, 0.3) is 0 Å². The third-order valence-corrected chi connectivity index (χ3v) is 14.5. The number of ether oxygens (including phenoxy) is 5. The van der Waals surface area contributed by atoms with E-state index in [0.29, 0.717) is 92.1 Å². The number of esters is 2. The molecule has 2 aliphatic heterocycles. The minimum absolute atomic E-state index is 0.0282. The van der Waals surface area contributed by atoms with Crippen molar-refractivity contribution in [2.24, 2.45) is 11.8 Å². The second-order valence-corrected chi connectivity index (χ2v) is 22.0. The maximum atomic E-state index is 12.8. The van der Waals surface area contributed by atoms with Crippen molar-refractivity contribution in [2.75, 3.05) is 89.6 Å². The predicted molar refractivity (Wildman–Crippen MR) is 306 cm³/mol. The molecule has 2 N–H and O–H groups in total. The van der Waals surface area contributed by atoms with Gasteiger partial charge in [-0.15, -0.1) is 0 Å². The molecule has 0 saturated carbocycles. The molecule has 2 saturated heterocycles.